The molecule has 1 aromatic heterocycles. The molecule has 1 aromatic carbocycles. The first-order valence-electron chi connectivity index (χ1n) is 4.76. The van der Waals surface area contributed by atoms with Crippen molar-refractivity contribution in [2.24, 2.45) is 0 Å². The van der Waals surface area contributed by atoms with Crippen LogP contribution in [0.3, 0.4) is 0 Å². The summed E-state index contributed by atoms with van der Waals surface area (Å²) in [6.45, 7) is 4.24. The van der Waals surface area contributed by atoms with E-state index in [1.165, 1.54) is 14.5 Å². The standard InChI is InChI=1S/C12H12IN/c1-3-9-6-8(2)14-12-5-4-10(13)7-11(9)12/h4-7H,3H2,1-2H3. The molecule has 0 aliphatic heterocycles. The van der Waals surface area contributed by atoms with Crippen LogP contribution < -0.4 is 0 Å². The number of fused-ring (bicyclic) bond motifs is 1. The van der Waals surface area contributed by atoms with E-state index in [2.05, 4.69) is 65.7 Å². The summed E-state index contributed by atoms with van der Waals surface area (Å²) in [5, 5.41) is 1.30. The summed E-state index contributed by atoms with van der Waals surface area (Å²) in [6.07, 6.45) is 1.07. The van der Waals surface area contributed by atoms with Gasteiger partial charge < -0.3 is 0 Å². The van der Waals surface area contributed by atoms with Gasteiger partial charge in [0.1, 0.15) is 0 Å². The molecule has 2 aromatic rings. The van der Waals surface area contributed by atoms with Crippen LogP contribution in [0.4, 0.5) is 0 Å². The summed E-state index contributed by atoms with van der Waals surface area (Å²) < 4.78 is 1.27. The number of aryl methyl sites for hydroxylation is 2. The second-order valence-electron chi connectivity index (χ2n) is 3.44. The highest BCUT2D eigenvalue weighted by Crippen LogP contribution is 2.21. The fourth-order valence-electron chi connectivity index (χ4n) is 1.71. The van der Waals surface area contributed by atoms with Gasteiger partial charge in [0, 0.05) is 14.7 Å². The Kier molecular flexibility index (Phi) is 2.72. The minimum absolute atomic E-state index is 1.07. The molecule has 0 saturated heterocycles. The number of aromatic nitrogens is 1. The molecule has 0 aliphatic carbocycles. The lowest BCUT2D eigenvalue weighted by Gasteiger charge is -2.05. The highest BCUT2D eigenvalue weighted by molar-refractivity contribution is 14.1. The van der Waals surface area contributed by atoms with Crippen LogP contribution in [0.1, 0.15) is 18.2 Å². The minimum Gasteiger partial charge on any atom is -0.253 e. The van der Waals surface area contributed by atoms with Gasteiger partial charge in [0.2, 0.25) is 0 Å². The number of hydrogen-bond donors (Lipinski definition) is 0. The van der Waals surface area contributed by atoms with Gasteiger partial charge >= 0.3 is 0 Å². The molecule has 2 rings (SSSR count). The Balaban J connectivity index is 2.81. The average molecular weight is 297 g/mol. The Morgan fingerprint density at radius 1 is 1.29 bits per heavy atom. The Morgan fingerprint density at radius 2 is 2.07 bits per heavy atom. The first kappa shape index (κ1) is 9.90. The van der Waals surface area contributed by atoms with Gasteiger partial charge in [-0.1, -0.05) is 6.92 Å². The Hall–Kier alpha value is -0.640. The largest absolute Gasteiger partial charge is 0.253 e. The van der Waals surface area contributed by atoms with E-state index in [1.807, 2.05) is 0 Å². The fourth-order valence-corrected chi connectivity index (χ4v) is 2.20. The van der Waals surface area contributed by atoms with Crippen LogP contribution in [-0.2, 0) is 6.42 Å². The lowest BCUT2D eigenvalue weighted by Crippen LogP contribution is -1.90. The number of halogens is 1. The third kappa shape index (κ3) is 1.75. The van der Waals surface area contributed by atoms with Gasteiger partial charge in [0.25, 0.3) is 0 Å². The lowest BCUT2D eigenvalue weighted by molar-refractivity contribution is 1.12. The van der Waals surface area contributed by atoms with Crippen LogP contribution >= 0.6 is 22.6 Å². The number of rotatable bonds is 1. The van der Waals surface area contributed by atoms with Crippen LogP contribution in [0, 0.1) is 10.5 Å². The van der Waals surface area contributed by atoms with E-state index in [-0.39, 0.29) is 0 Å². The first-order valence-corrected chi connectivity index (χ1v) is 5.84. The van der Waals surface area contributed by atoms with Crippen molar-refractivity contribution in [3.05, 3.63) is 39.1 Å². The molecule has 0 bridgehead atoms. The number of benzene rings is 1. The van der Waals surface area contributed by atoms with Gasteiger partial charge in [-0.05, 0) is 65.8 Å². The molecule has 0 fully saturated rings. The monoisotopic (exact) mass is 297 g/mol. The molecule has 14 heavy (non-hydrogen) atoms. The van der Waals surface area contributed by atoms with Gasteiger partial charge in [0.05, 0.1) is 5.52 Å². The molecule has 0 N–H and O–H groups in total. The summed E-state index contributed by atoms with van der Waals surface area (Å²) in [5.41, 5.74) is 3.61. The van der Waals surface area contributed by atoms with Crippen LogP contribution in [-0.4, -0.2) is 4.98 Å². The highest BCUT2D eigenvalue weighted by Gasteiger charge is 2.02. The van der Waals surface area contributed by atoms with Crippen molar-refractivity contribution >= 4 is 33.5 Å². The third-order valence-corrected chi connectivity index (χ3v) is 3.04. The summed E-state index contributed by atoms with van der Waals surface area (Å²) in [7, 11) is 0. The van der Waals surface area contributed by atoms with Gasteiger partial charge in [-0.15, -0.1) is 0 Å². The minimum atomic E-state index is 1.07. The van der Waals surface area contributed by atoms with Crippen molar-refractivity contribution < 1.29 is 0 Å². The quantitative estimate of drug-likeness (QED) is 0.731. The van der Waals surface area contributed by atoms with E-state index in [0.717, 1.165) is 17.6 Å². The predicted molar refractivity (Wildman–Crippen MR) is 68.6 cm³/mol. The van der Waals surface area contributed by atoms with Crippen LogP contribution in [0.15, 0.2) is 24.3 Å². The maximum atomic E-state index is 4.52. The van der Waals surface area contributed by atoms with Crippen LogP contribution in [0.25, 0.3) is 10.9 Å². The summed E-state index contributed by atoms with van der Waals surface area (Å²) in [5.74, 6) is 0. The van der Waals surface area contributed by atoms with Gasteiger partial charge in [-0.25, -0.2) is 0 Å². The van der Waals surface area contributed by atoms with E-state index in [4.69, 9.17) is 0 Å². The molecule has 2 heteroatoms. The molecular formula is C12H12IN. The topological polar surface area (TPSA) is 12.9 Å². The maximum Gasteiger partial charge on any atom is 0.0708 e. The summed E-state index contributed by atoms with van der Waals surface area (Å²) >= 11 is 2.34. The zero-order valence-electron chi connectivity index (χ0n) is 8.34. The fraction of sp³-hybridized carbons (Fsp3) is 0.250. The Morgan fingerprint density at radius 3 is 2.79 bits per heavy atom. The molecule has 1 heterocycles. The average Bonchev–Trinajstić information content (AvgIpc) is 2.17. The molecule has 0 saturated carbocycles. The van der Waals surface area contributed by atoms with Gasteiger partial charge in [0.15, 0.2) is 0 Å². The van der Waals surface area contributed by atoms with Crippen molar-refractivity contribution in [1.82, 2.24) is 4.98 Å². The Bertz CT molecular complexity index is 477. The molecule has 0 atom stereocenters. The molecule has 0 amide bonds. The van der Waals surface area contributed by atoms with Crippen LogP contribution in [0.5, 0.6) is 0 Å². The van der Waals surface area contributed by atoms with Gasteiger partial charge in [-0.3, -0.25) is 4.98 Å². The summed E-state index contributed by atoms with van der Waals surface area (Å²) in [6, 6.07) is 8.59. The van der Waals surface area contributed by atoms with E-state index < -0.39 is 0 Å². The second-order valence-corrected chi connectivity index (χ2v) is 4.68. The van der Waals surface area contributed by atoms with E-state index >= 15 is 0 Å². The van der Waals surface area contributed by atoms with E-state index in [9.17, 15) is 0 Å². The third-order valence-electron chi connectivity index (χ3n) is 2.37. The zero-order valence-corrected chi connectivity index (χ0v) is 10.5. The van der Waals surface area contributed by atoms with Crippen molar-refractivity contribution in [3.63, 3.8) is 0 Å². The van der Waals surface area contributed by atoms with Gasteiger partial charge in [-0.2, -0.15) is 0 Å². The summed E-state index contributed by atoms with van der Waals surface area (Å²) in [4.78, 5) is 4.52. The predicted octanol–water partition coefficient (Wildman–Crippen LogP) is 3.71. The molecular weight excluding hydrogens is 285 g/mol. The normalized spacial score (nSPS) is 10.8. The molecule has 72 valence electrons. The van der Waals surface area contributed by atoms with Crippen molar-refractivity contribution in [1.29, 1.82) is 0 Å². The lowest BCUT2D eigenvalue weighted by atomic mass is 10.1. The number of nitrogens with zero attached hydrogens (tertiary/aromatic N) is 1. The van der Waals surface area contributed by atoms with Crippen LogP contribution in [0.2, 0.25) is 0 Å². The Labute approximate surface area is 97.7 Å². The molecule has 0 spiro atoms. The SMILES string of the molecule is CCc1cc(C)nc2ccc(I)cc12. The van der Waals surface area contributed by atoms with E-state index in [1.54, 1.807) is 0 Å². The zero-order chi connectivity index (χ0) is 10.1. The smallest absolute Gasteiger partial charge is 0.0708 e. The molecule has 0 aliphatic rings. The first-order chi connectivity index (χ1) is 6.70. The second kappa shape index (κ2) is 3.85. The highest BCUT2D eigenvalue weighted by atomic mass is 127. The van der Waals surface area contributed by atoms with Crippen molar-refractivity contribution in [2.75, 3.05) is 0 Å². The molecule has 0 radical (unpaired) electrons. The van der Waals surface area contributed by atoms with E-state index in [0.29, 0.717) is 0 Å². The maximum absolute atomic E-state index is 4.52. The van der Waals surface area contributed by atoms with Crippen molar-refractivity contribution in [2.45, 2.75) is 20.3 Å². The molecule has 0 unspecified atom stereocenters. The number of hydrogen-bond acceptors (Lipinski definition) is 1. The van der Waals surface area contributed by atoms with Crippen molar-refractivity contribution in [3.8, 4) is 0 Å². The molecule has 1 nitrogen and oxygen atoms in total. The number of pyridine rings is 1.